The van der Waals surface area contributed by atoms with Gasteiger partial charge in [-0.15, -0.1) is 10.2 Å². The molecule has 19 heavy (non-hydrogen) atoms. The van der Waals surface area contributed by atoms with Crippen LogP contribution in [-0.2, 0) is 4.79 Å². The van der Waals surface area contributed by atoms with Crippen molar-refractivity contribution in [3.05, 3.63) is 29.3 Å². The molecule has 0 spiro atoms. The van der Waals surface area contributed by atoms with Gasteiger partial charge >= 0.3 is 0 Å². The molecule has 1 N–H and O–H groups in total. The van der Waals surface area contributed by atoms with Crippen LogP contribution in [0.15, 0.2) is 24.3 Å². The number of hydrogen-bond donors (Lipinski definition) is 1. The monoisotopic (exact) mass is 279 g/mol. The summed E-state index contributed by atoms with van der Waals surface area (Å²) in [5.41, 5.74) is 0.797. The molecular formula is C12H14ClN5O. The molecule has 0 aliphatic carbocycles. The molecule has 2 aromatic rings. The van der Waals surface area contributed by atoms with Crippen LogP contribution in [0, 0.1) is 0 Å². The van der Waals surface area contributed by atoms with Crippen molar-refractivity contribution in [2.24, 2.45) is 0 Å². The van der Waals surface area contributed by atoms with Crippen molar-refractivity contribution >= 4 is 17.5 Å². The predicted molar refractivity (Wildman–Crippen MR) is 71.7 cm³/mol. The Hall–Kier alpha value is -1.95. The highest BCUT2D eigenvalue weighted by atomic mass is 35.5. The zero-order chi connectivity index (χ0) is 13.8. The van der Waals surface area contributed by atoms with Crippen molar-refractivity contribution < 1.29 is 4.79 Å². The molecule has 1 aromatic heterocycles. The Balaban J connectivity index is 2.17. The quantitative estimate of drug-likeness (QED) is 0.924. The molecule has 0 fully saturated rings. The molecule has 6 nitrogen and oxygen atoms in total. The van der Waals surface area contributed by atoms with Crippen molar-refractivity contribution in [1.29, 1.82) is 0 Å². The summed E-state index contributed by atoms with van der Waals surface area (Å²) in [7, 11) is 1.60. The number of hydrogen-bond acceptors (Lipinski definition) is 4. The summed E-state index contributed by atoms with van der Waals surface area (Å²) >= 11 is 5.92. The van der Waals surface area contributed by atoms with E-state index in [9.17, 15) is 4.79 Å². The van der Waals surface area contributed by atoms with Gasteiger partial charge in [0.15, 0.2) is 0 Å². The second kappa shape index (κ2) is 5.79. The maximum Gasteiger partial charge on any atom is 0.221 e. The SMILES string of the molecule is CNC(=O)CC(C)n1nnc(-c2cccc(Cl)c2)n1. The molecule has 0 aliphatic rings. The molecule has 1 atom stereocenters. The number of amides is 1. The maximum atomic E-state index is 11.3. The normalized spacial score (nSPS) is 12.2. The Kier molecular flexibility index (Phi) is 4.11. The molecule has 0 bridgehead atoms. The zero-order valence-electron chi connectivity index (χ0n) is 10.7. The molecule has 1 unspecified atom stereocenters. The molecule has 1 aromatic carbocycles. The lowest BCUT2D eigenvalue weighted by molar-refractivity contribution is -0.121. The van der Waals surface area contributed by atoms with Gasteiger partial charge in [0.25, 0.3) is 0 Å². The Morgan fingerprint density at radius 2 is 2.32 bits per heavy atom. The number of nitrogens with zero attached hydrogens (tertiary/aromatic N) is 4. The van der Waals surface area contributed by atoms with Crippen LogP contribution < -0.4 is 5.32 Å². The highest BCUT2D eigenvalue weighted by Crippen LogP contribution is 2.19. The summed E-state index contributed by atoms with van der Waals surface area (Å²) < 4.78 is 0. The second-order valence-electron chi connectivity index (χ2n) is 4.17. The van der Waals surface area contributed by atoms with Crippen molar-refractivity contribution in [1.82, 2.24) is 25.5 Å². The van der Waals surface area contributed by atoms with Gasteiger partial charge in [0.05, 0.1) is 12.5 Å². The van der Waals surface area contributed by atoms with Gasteiger partial charge in [-0.3, -0.25) is 4.79 Å². The minimum atomic E-state index is -0.152. The summed E-state index contributed by atoms with van der Waals surface area (Å²) in [4.78, 5) is 12.7. The lowest BCUT2D eigenvalue weighted by atomic mass is 10.2. The molecule has 7 heteroatoms. The van der Waals surface area contributed by atoms with Crippen molar-refractivity contribution in [2.45, 2.75) is 19.4 Å². The highest BCUT2D eigenvalue weighted by molar-refractivity contribution is 6.30. The third kappa shape index (κ3) is 3.29. The fourth-order valence-electron chi connectivity index (χ4n) is 1.61. The minimum absolute atomic E-state index is 0.0610. The predicted octanol–water partition coefficient (Wildman–Crippen LogP) is 1.69. The van der Waals surface area contributed by atoms with Gasteiger partial charge in [0.1, 0.15) is 0 Å². The van der Waals surface area contributed by atoms with Crippen molar-refractivity contribution in [2.75, 3.05) is 7.05 Å². The number of carbonyl (C=O) groups excluding carboxylic acids is 1. The number of aromatic nitrogens is 4. The lowest BCUT2D eigenvalue weighted by Gasteiger charge is -2.07. The summed E-state index contributed by atoms with van der Waals surface area (Å²) in [6.07, 6.45) is 0.307. The van der Waals surface area contributed by atoms with Gasteiger partial charge in [0, 0.05) is 17.6 Å². The van der Waals surface area contributed by atoms with E-state index in [4.69, 9.17) is 11.6 Å². The number of halogens is 1. The summed E-state index contributed by atoms with van der Waals surface area (Å²) in [5, 5.41) is 15.4. The average molecular weight is 280 g/mol. The van der Waals surface area contributed by atoms with Crippen LogP contribution in [-0.4, -0.2) is 33.2 Å². The van der Waals surface area contributed by atoms with Crippen LogP contribution in [0.4, 0.5) is 0 Å². The molecule has 0 aliphatic heterocycles. The van der Waals surface area contributed by atoms with E-state index in [0.29, 0.717) is 17.3 Å². The Labute approximate surface area is 115 Å². The molecule has 0 saturated heterocycles. The first-order valence-corrected chi connectivity index (χ1v) is 6.24. The number of benzene rings is 1. The fourth-order valence-corrected chi connectivity index (χ4v) is 1.80. The number of rotatable bonds is 4. The van der Waals surface area contributed by atoms with Gasteiger partial charge in [-0.2, -0.15) is 4.80 Å². The van der Waals surface area contributed by atoms with Gasteiger partial charge in [0.2, 0.25) is 11.7 Å². The molecule has 1 amide bonds. The minimum Gasteiger partial charge on any atom is -0.359 e. The van der Waals surface area contributed by atoms with Gasteiger partial charge in [-0.25, -0.2) is 0 Å². The molecule has 1 heterocycles. The van der Waals surface area contributed by atoms with E-state index < -0.39 is 0 Å². The molecule has 100 valence electrons. The number of carbonyl (C=O) groups is 1. The van der Waals surface area contributed by atoms with E-state index in [1.54, 1.807) is 19.2 Å². The van der Waals surface area contributed by atoms with Crippen LogP contribution in [0.3, 0.4) is 0 Å². The summed E-state index contributed by atoms with van der Waals surface area (Å²) in [6.45, 7) is 1.86. The van der Waals surface area contributed by atoms with Gasteiger partial charge in [-0.1, -0.05) is 23.7 Å². The highest BCUT2D eigenvalue weighted by Gasteiger charge is 2.14. The first-order valence-electron chi connectivity index (χ1n) is 5.86. The van der Waals surface area contributed by atoms with E-state index >= 15 is 0 Å². The number of nitrogens with one attached hydrogen (secondary N) is 1. The smallest absolute Gasteiger partial charge is 0.221 e. The zero-order valence-corrected chi connectivity index (χ0v) is 11.4. The van der Waals surface area contributed by atoms with E-state index in [1.165, 1.54) is 4.80 Å². The molecule has 2 rings (SSSR count). The third-order valence-electron chi connectivity index (χ3n) is 2.66. The fraction of sp³-hybridized carbons (Fsp3) is 0.333. The third-order valence-corrected chi connectivity index (χ3v) is 2.90. The van der Waals surface area contributed by atoms with E-state index in [2.05, 4.69) is 20.7 Å². The average Bonchev–Trinajstić information content (AvgIpc) is 2.88. The van der Waals surface area contributed by atoms with Crippen LogP contribution in [0.1, 0.15) is 19.4 Å². The van der Waals surface area contributed by atoms with Crippen LogP contribution >= 0.6 is 11.6 Å². The first kappa shape index (κ1) is 13.5. The van der Waals surface area contributed by atoms with E-state index in [-0.39, 0.29) is 11.9 Å². The van der Waals surface area contributed by atoms with E-state index in [1.807, 2.05) is 19.1 Å². The van der Waals surface area contributed by atoms with E-state index in [0.717, 1.165) is 5.56 Å². The van der Waals surface area contributed by atoms with Crippen LogP contribution in [0.2, 0.25) is 5.02 Å². The lowest BCUT2D eigenvalue weighted by Crippen LogP contribution is -2.22. The molecule has 0 saturated carbocycles. The standard InChI is InChI=1S/C12H14ClN5O/c1-8(6-11(19)14-2)18-16-12(15-17-18)9-4-3-5-10(13)7-9/h3-5,7-8H,6H2,1-2H3,(H,14,19). The molecule has 0 radical (unpaired) electrons. The Morgan fingerprint density at radius 3 is 3.00 bits per heavy atom. The summed E-state index contributed by atoms with van der Waals surface area (Å²) in [6, 6.07) is 7.08. The maximum absolute atomic E-state index is 11.3. The van der Waals surface area contributed by atoms with Crippen molar-refractivity contribution in [3.63, 3.8) is 0 Å². The summed E-state index contributed by atoms with van der Waals surface area (Å²) in [5.74, 6) is 0.431. The van der Waals surface area contributed by atoms with Crippen LogP contribution in [0.25, 0.3) is 11.4 Å². The second-order valence-corrected chi connectivity index (χ2v) is 4.61. The largest absolute Gasteiger partial charge is 0.359 e. The van der Waals surface area contributed by atoms with Gasteiger partial charge < -0.3 is 5.32 Å². The number of tetrazole rings is 1. The Bertz CT molecular complexity index is 583. The Morgan fingerprint density at radius 1 is 1.53 bits per heavy atom. The topological polar surface area (TPSA) is 72.7 Å². The molecular weight excluding hydrogens is 266 g/mol. The van der Waals surface area contributed by atoms with Crippen molar-refractivity contribution in [3.8, 4) is 11.4 Å². The first-order chi connectivity index (χ1) is 9.10. The van der Waals surface area contributed by atoms with Crippen LogP contribution in [0.5, 0.6) is 0 Å². The van der Waals surface area contributed by atoms with Gasteiger partial charge in [-0.05, 0) is 24.3 Å².